The van der Waals surface area contributed by atoms with Crippen molar-refractivity contribution in [2.45, 2.75) is 6.54 Å². The van der Waals surface area contributed by atoms with E-state index in [1.54, 1.807) is 0 Å². The second kappa shape index (κ2) is 7.94. The standard InChI is InChI=1S/C16H16BrN7O3S/c1-22-13-12(14(26)23(2)16(22)27)24(8-18-13)7-11(25)20-21-15(28)19-10-5-3-9(17)4-6-10/h3-6,8H,7H2,1-2H3,(H,20,25)(H2,19,21,28). The summed E-state index contributed by atoms with van der Waals surface area (Å²) in [4.78, 5) is 40.6. The zero-order valence-corrected chi connectivity index (χ0v) is 17.3. The van der Waals surface area contributed by atoms with Crippen molar-refractivity contribution < 1.29 is 4.79 Å². The number of rotatable bonds is 3. The minimum absolute atomic E-state index is 0.162. The highest BCUT2D eigenvalue weighted by atomic mass is 79.9. The first-order chi connectivity index (χ1) is 13.3. The maximum absolute atomic E-state index is 12.4. The van der Waals surface area contributed by atoms with Gasteiger partial charge in [0.05, 0.1) is 6.33 Å². The van der Waals surface area contributed by atoms with Gasteiger partial charge in [-0.2, -0.15) is 0 Å². The monoisotopic (exact) mass is 465 g/mol. The van der Waals surface area contributed by atoms with Crippen LogP contribution in [0.15, 0.2) is 44.7 Å². The van der Waals surface area contributed by atoms with Crippen molar-refractivity contribution in [3.63, 3.8) is 0 Å². The number of imidazole rings is 1. The minimum Gasteiger partial charge on any atom is -0.331 e. The fourth-order valence-electron chi connectivity index (χ4n) is 2.53. The van der Waals surface area contributed by atoms with Gasteiger partial charge in [-0.1, -0.05) is 15.9 Å². The van der Waals surface area contributed by atoms with Crippen LogP contribution in [0.3, 0.4) is 0 Å². The Labute approximate surface area is 172 Å². The van der Waals surface area contributed by atoms with Crippen molar-refractivity contribution in [2.75, 3.05) is 5.32 Å². The van der Waals surface area contributed by atoms with E-state index in [9.17, 15) is 14.4 Å². The van der Waals surface area contributed by atoms with E-state index >= 15 is 0 Å². The SMILES string of the molecule is Cn1c(=O)c2c(ncn2CC(=O)NNC(=S)Nc2ccc(Br)cc2)n(C)c1=O. The maximum Gasteiger partial charge on any atom is 0.332 e. The lowest BCUT2D eigenvalue weighted by Gasteiger charge is -2.12. The van der Waals surface area contributed by atoms with Gasteiger partial charge in [0.1, 0.15) is 6.54 Å². The molecule has 0 aliphatic heterocycles. The third-order valence-electron chi connectivity index (χ3n) is 3.95. The number of carbonyl (C=O) groups is 1. The van der Waals surface area contributed by atoms with Crippen molar-refractivity contribution in [1.29, 1.82) is 0 Å². The average molecular weight is 466 g/mol. The third-order valence-corrected chi connectivity index (χ3v) is 4.68. The van der Waals surface area contributed by atoms with Crippen LogP contribution in [0, 0.1) is 0 Å². The Hall–Kier alpha value is -2.99. The van der Waals surface area contributed by atoms with Crippen LogP contribution < -0.4 is 27.4 Å². The highest BCUT2D eigenvalue weighted by molar-refractivity contribution is 9.10. The summed E-state index contributed by atoms with van der Waals surface area (Å²) in [5, 5.41) is 3.12. The molecule has 10 nitrogen and oxygen atoms in total. The lowest BCUT2D eigenvalue weighted by atomic mass is 10.3. The van der Waals surface area contributed by atoms with Crippen molar-refractivity contribution in [2.24, 2.45) is 14.1 Å². The van der Waals surface area contributed by atoms with Crippen LogP contribution in [0.1, 0.15) is 0 Å². The molecule has 0 spiro atoms. The highest BCUT2D eigenvalue weighted by Gasteiger charge is 2.16. The summed E-state index contributed by atoms with van der Waals surface area (Å²) in [5.74, 6) is -0.449. The van der Waals surface area contributed by atoms with Crippen LogP contribution >= 0.6 is 28.1 Å². The Balaban J connectivity index is 1.67. The van der Waals surface area contributed by atoms with Gasteiger partial charge in [0.15, 0.2) is 16.3 Å². The summed E-state index contributed by atoms with van der Waals surface area (Å²) in [6.07, 6.45) is 1.34. The molecule has 146 valence electrons. The number of halogens is 1. The number of aryl methyl sites for hydroxylation is 1. The third kappa shape index (κ3) is 3.97. The fraction of sp³-hybridized carbons (Fsp3) is 0.188. The molecule has 1 amide bonds. The molecule has 12 heteroatoms. The van der Waals surface area contributed by atoms with Gasteiger partial charge in [0, 0.05) is 24.3 Å². The fourth-order valence-corrected chi connectivity index (χ4v) is 2.97. The number of hydrazine groups is 1. The first kappa shape index (κ1) is 19.8. The highest BCUT2D eigenvalue weighted by Crippen LogP contribution is 2.13. The maximum atomic E-state index is 12.4. The van der Waals surface area contributed by atoms with E-state index in [4.69, 9.17) is 12.2 Å². The number of thiocarbonyl (C=S) groups is 1. The first-order valence-corrected chi connectivity index (χ1v) is 9.20. The first-order valence-electron chi connectivity index (χ1n) is 8.00. The number of carbonyl (C=O) groups excluding carboxylic acids is 1. The number of benzene rings is 1. The molecule has 0 saturated heterocycles. The van der Waals surface area contributed by atoms with E-state index in [1.807, 2.05) is 24.3 Å². The number of hydrogen-bond acceptors (Lipinski definition) is 5. The Morgan fingerprint density at radius 3 is 2.50 bits per heavy atom. The Kier molecular flexibility index (Phi) is 5.61. The van der Waals surface area contributed by atoms with Crippen LogP contribution in [-0.2, 0) is 25.4 Å². The van der Waals surface area contributed by atoms with Crippen LogP contribution in [0.2, 0.25) is 0 Å². The van der Waals surface area contributed by atoms with Gasteiger partial charge in [-0.3, -0.25) is 29.6 Å². The summed E-state index contributed by atoms with van der Waals surface area (Å²) < 4.78 is 4.52. The molecule has 0 radical (unpaired) electrons. The van der Waals surface area contributed by atoms with Gasteiger partial charge < -0.3 is 9.88 Å². The lowest BCUT2D eigenvalue weighted by Crippen LogP contribution is -2.45. The van der Waals surface area contributed by atoms with Gasteiger partial charge in [0.2, 0.25) is 0 Å². The molecule has 0 bridgehead atoms. The number of nitrogens with zero attached hydrogens (tertiary/aromatic N) is 4. The van der Waals surface area contributed by atoms with Gasteiger partial charge >= 0.3 is 5.69 Å². The molecule has 0 fully saturated rings. The number of nitrogens with one attached hydrogen (secondary N) is 3. The summed E-state index contributed by atoms with van der Waals surface area (Å²) in [6.45, 7) is -0.183. The molecule has 2 heterocycles. The Morgan fingerprint density at radius 1 is 1.14 bits per heavy atom. The van der Waals surface area contributed by atoms with E-state index in [0.29, 0.717) is 0 Å². The normalized spacial score (nSPS) is 10.7. The number of fused-ring (bicyclic) bond motifs is 1. The van der Waals surface area contributed by atoms with Crippen molar-refractivity contribution in [3.8, 4) is 0 Å². The van der Waals surface area contributed by atoms with Crippen LogP contribution in [0.25, 0.3) is 11.2 Å². The smallest absolute Gasteiger partial charge is 0.331 e. The quantitative estimate of drug-likeness (QED) is 0.374. The predicted molar refractivity (Wildman–Crippen MR) is 112 cm³/mol. The van der Waals surface area contributed by atoms with Crippen molar-refractivity contribution >= 4 is 56.0 Å². The second-order valence-corrected chi connectivity index (χ2v) is 7.21. The molecule has 0 unspecified atom stereocenters. The Bertz CT molecular complexity index is 1180. The molecule has 3 aromatic rings. The summed E-state index contributed by atoms with van der Waals surface area (Å²) in [6, 6.07) is 7.33. The molecule has 1 aromatic carbocycles. The number of hydrogen-bond donors (Lipinski definition) is 3. The van der Waals surface area contributed by atoms with Gasteiger partial charge in [-0.25, -0.2) is 9.78 Å². The van der Waals surface area contributed by atoms with Crippen LogP contribution in [0.5, 0.6) is 0 Å². The Morgan fingerprint density at radius 2 is 1.82 bits per heavy atom. The molecule has 3 N–H and O–H groups in total. The largest absolute Gasteiger partial charge is 0.332 e. The number of amides is 1. The zero-order valence-electron chi connectivity index (χ0n) is 14.9. The predicted octanol–water partition coefficient (Wildman–Crippen LogP) is 0.214. The summed E-state index contributed by atoms with van der Waals surface area (Å²) in [5.41, 5.74) is 5.15. The molecule has 0 aliphatic rings. The number of anilines is 1. The van der Waals surface area contributed by atoms with E-state index in [1.165, 1.54) is 29.6 Å². The van der Waals surface area contributed by atoms with Gasteiger partial charge in [-0.15, -0.1) is 0 Å². The molecule has 0 aliphatic carbocycles. The average Bonchev–Trinajstić information content (AvgIpc) is 3.08. The second-order valence-electron chi connectivity index (χ2n) is 5.88. The van der Waals surface area contributed by atoms with Crippen molar-refractivity contribution in [3.05, 3.63) is 55.9 Å². The van der Waals surface area contributed by atoms with E-state index in [2.05, 4.69) is 37.1 Å². The molecule has 0 saturated carbocycles. The van der Waals surface area contributed by atoms with E-state index in [-0.39, 0.29) is 22.8 Å². The summed E-state index contributed by atoms with van der Waals surface area (Å²) >= 11 is 8.46. The van der Waals surface area contributed by atoms with Gasteiger partial charge in [0.25, 0.3) is 11.5 Å². The minimum atomic E-state index is -0.524. The van der Waals surface area contributed by atoms with E-state index in [0.717, 1.165) is 14.7 Å². The molecule has 0 atom stereocenters. The number of aromatic nitrogens is 4. The molecule has 3 rings (SSSR count). The van der Waals surface area contributed by atoms with E-state index < -0.39 is 17.2 Å². The molecule has 2 aromatic heterocycles. The topological polar surface area (TPSA) is 115 Å². The van der Waals surface area contributed by atoms with Crippen molar-refractivity contribution in [1.82, 2.24) is 29.5 Å². The zero-order chi connectivity index (χ0) is 20.4. The van der Waals surface area contributed by atoms with Gasteiger partial charge in [-0.05, 0) is 36.5 Å². The molecular weight excluding hydrogens is 450 g/mol. The molecular formula is C16H16BrN7O3S. The summed E-state index contributed by atoms with van der Waals surface area (Å²) in [7, 11) is 2.88. The van der Waals surface area contributed by atoms with Crippen LogP contribution in [0.4, 0.5) is 5.69 Å². The van der Waals surface area contributed by atoms with Crippen LogP contribution in [-0.4, -0.2) is 29.7 Å². The lowest BCUT2D eigenvalue weighted by molar-refractivity contribution is -0.122. The molecule has 28 heavy (non-hydrogen) atoms.